The number of carbonyl (C=O) groups excluding carboxylic acids is 9. The van der Waals surface area contributed by atoms with Gasteiger partial charge in [-0.1, -0.05) is 0 Å². The Hall–Kier alpha value is -4.91. The summed E-state index contributed by atoms with van der Waals surface area (Å²) in [5.74, 6) is -21.2. The second-order valence-electron chi connectivity index (χ2n) is 6.80. The van der Waals surface area contributed by atoms with Crippen LogP contribution in [0, 0.1) is 0 Å². The number of Topliss-reactive ketones (excluding diaryl/α,β-unsaturated/α-hetero) is 1. The zero-order valence-corrected chi connectivity index (χ0v) is 19.5. The third-order valence-electron chi connectivity index (χ3n) is 3.86. The Morgan fingerprint density at radius 2 is 1.61 bits per heavy atom. The molecule has 0 aromatic carbocycles. The summed E-state index contributed by atoms with van der Waals surface area (Å²) in [5, 5.41) is 19.4. The van der Waals surface area contributed by atoms with E-state index in [-0.39, 0.29) is 0 Å². The topological polar surface area (TPSA) is 268 Å². The van der Waals surface area contributed by atoms with Crippen molar-refractivity contribution >= 4 is 54.0 Å². The molecule has 38 heavy (non-hydrogen) atoms. The number of aliphatic hydroxyl groups excluding tert-OH is 2. The predicted molar refractivity (Wildman–Crippen MR) is 103 cm³/mol. The van der Waals surface area contributed by atoms with E-state index in [1.54, 1.807) is 0 Å². The van der Waals surface area contributed by atoms with E-state index in [1.807, 2.05) is 0 Å². The molecule has 3 unspecified atom stereocenters. The minimum atomic E-state index is -3.49. The highest BCUT2D eigenvalue weighted by Crippen LogP contribution is 2.25. The predicted octanol–water partition coefficient (Wildman–Crippen LogP) is -3.16. The standard InChI is InChI=1S/C19H18O19/c1-7(21)14(26)33-13-12(16(28)36-31-6-20)32-10(24)4-5-11(25)34-19(9(3)23,35-15(27)8(2)22)18(30)38-37-17(13)29/h6-7,9,21,23H,4-5H2,1-3H3/b13-12+. The van der Waals surface area contributed by atoms with Crippen LogP contribution < -0.4 is 0 Å². The SMILES string of the molecule is CC(=O)C(=O)OC1(C(C)O)OC(=O)CCC(=O)O/C(C(=O)OOC=O)=C(/OC(=O)C(C)O)C(=O)OOC1=O. The molecular weight excluding hydrogens is 532 g/mol. The first-order valence-electron chi connectivity index (χ1n) is 9.89. The van der Waals surface area contributed by atoms with Crippen molar-refractivity contribution in [3.8, 4) is 0 Å². The summed E-state index contributed by atoms with van der Waals surface area (Å²) in [6.45, 7) is 1.78. The van der Waals surface area contributed by atoms with Crippen LogP contribution in [0.15, 0.2) is 11.5 Å². The molecule has 0 bridgehead atoms. The van der Waals surface area contributed by atoms with Crippen molar-refractivity contribution in [2.24, 2.45) is 0 Å². The molecule has 2 N–H and O–H groups in total. The first kappa shape index (κ1) is 31.1. The zero-order chi connectivity index (χ0) is 29.2. The largest absolute Gasteiger partial charge is 0.442 e. The molecule has 3 atom stereocenters. The van der Waals surface area contributed by atoms with E-state index in [0.29, 0.717) is 13.8 Å². The molecule has 0 spiro atoms. The minimum Gasteiger partial charge on any atom is -0.414 e. The molecule has 1 heterocycles. The van der Waals surface area contributed by atoms with E-state index in [1.165, 1.54) is 0 Å². The first-order valence-corrected chi connectivity index (χ1v) is 9.89. The third kappa shape index (κ3) is 8.06. The number of hydrogen-bond donors (Lipinski definition) is 2. The van der Waals surface area contributed by atoms with Crippen molar-refractivity contribution in [1.29, 1.82) is 0 Å². The quantitative estimate of drug-likeness (QED) is 0.0753. The van der Waals surface area contributed by atoms with Gasteiger partial charge in [0.25, 0.3) is 11.5 Å². The van der Waals surface area contributed by atoms with Gasteiger partial charge in [0.1, 0.15) is 12.2 Å². The van der Waals surface area contributed by atoms with Crippen LogP contribution in [0.4, 0.5) is 0 Å². The maximum atomic E-state index is 12.6. The fourth-order valence-electron chi connectivity index (χ4n) is 2.06. The number of rotatable bonds is 8. The van der Waals surface area contributed by atoms with Crippen molar-refractivity contribution in [1.82, 2.24) is 0 Å². The van der Waals surface area contributed by atoms with Gasteiger partial charge in [0.05, 0.1) is 12.8 Å². The first-order chi connectivity index (χ1) is 17.7. The van der Waals surface area contributed by atoms with Crippen LogP contribution in [0.2, 0.25) is 0 Å². The van der Waals surface area contributed by atoms with Gasteiger partial charge in [-0.15, -0.1) is 0 Å². The Kier molecular flexibility index (Phi) is 11.0. The van der Waals surface area contributed by atoms with E-state index < -0.39 is 96.4 Å². The van der Waals surface area contributed by atoms with Crippen molar-refractivity contribution in [2.75, 3.05) is 0 Å². The lowest BCUT2D eigenvalue weighted by Gasteiger charge is -2.31. The fraction of sp³-hybridized carbons (Fsp3) is 0.421. The van der Waals surface area contributed by atoms with Gasteiger partial charge in [0, 0.05) is 6.92 Å². The van der Waals surface area contributed by atoms with Gasteiger partial charge < -0.3 is 29.2 Å². The Balaban J connectivity index is 3.67. The summed E-state index contributed by atoms with van der Waals surface area (Å²) in [6, 6.07) is 0. The van der Waals surface area contributed by atoms with Crippen molar-refractivity contribution in [2.45, 2.75) is 51.6 Å². The van der Waals surface area contributed by atoms with Gasteiger partial charge in [-0.25, -0.2) is 38.6 Å². The minimum absolute atomic E-state index is 0.435. The summed E-state index contributed by atoms with van der Waals surface area (Å²) < 4.78 is 18.1. The third-order valence-corrected chi connectivity index (χ3v) is 3.86. The number of hydrogen-bond acceptors (Lipinski definition) is 19. The molecule has 0 aromatic rings. The lowest BCUT2D eigenvalue weighted by atomic mass is 10.1. The summed E-state index contributed by atoms with van der Waals surface area (Å²) in [4.78, 5) is 123. The highest BCUT2D eigenvalue weighted by atomic mass is 17.2. The van der Waals surface area contributed by atoms with Crippen LogP contribution in [-0.4, -0.2) is 82.2 Å². The van der Waals surface area contributed by atoms with Crippen LogP contribution in [0.25, 0.3) is 0 Å². The van der Waals surface area contributed by atoms with Crippen molar-refractivity contribution < 1.29 is 91.9 Å². The maximum Gasteiger partial charge on any atom is 0.442 e. The van der Waals surface area contributed by atoms with Gasteiger partial charge in [-0.2, -0.15) is 0 Å². The molecular formula is C19H18O19. The van der Waals surface area contributed by atoms with Crippen LogP contribution in [0.5, 0.6) is 0 Å². The van der Waals surface area contributed by atoms with Crippen molar-refractivity contribution in [3.05, 3.63) is 11.5 Å². The molecule has 0 radical (unpaired) electrons. The molecule has 1 rings (SSSR count). The zero-order valence-electron chi connectivity index (χ0n) is 19.5. The lowest BCUT2D eigenvalue weighted by molar-refractivity contribution is -0.305. The smallest absolute Gasteiger partial charge is 0.414 e. The summed E-state index contributed by atoms with van der Waals surface area (Å²) in [6.07, 6.45) is -6.38. The lowest BCUT2D eigenvalue weighted by Crippen LogP contribution is -2.56. The number of aliphatic hydroxyl groups is 2. The van der Waals surface area contributed by atoms with E-state index in [0.717, 1.165) is 6.92 Å². The molecule has 208 valence electrons. The van der Waals surface area contributed by atoms with E-state index in [4.69, 9.17) is 0 Å². The number of cyclic esters (lactones) is 2. The molecule has 0 saturated heterocycles. The second kappa shape index (κ2) is 13.4. The second-order valence-corrected chi connectivity index (χ2v) is 6.80. The molecule has 0 aliphatic carbocycles. The van der Waals surface area contributed by atoms with Gasteiger partial charge in [-0.3, -0.25) is 24.1 Å². The van der Waals surface area contributed by atoms with Crippen LogP contribution in [0.1, 0.15) is 33.6 Å². The monoisotopic (exact) mass is 550 g/mol. The average molecular weight is 550 g/mol. The van der Waals surface area contributed by atoms with Crippen molar-refractivity contribution in [3.63, 3.8) is 0 Å². The van der Waals surface area contributed by atoms with Crippen LogP contribution in [0.3, 0.4) is 0 Å². The molecule has 1 aliphatic heterocycles. The Morgan fingerprint density at radius 1 is 1.00 bits per heavy atom. The van der Waals surface area contributed by atoms with Gasteiger partial charge in [0.2, 0.25) is 5.78 Å². The molecule has 0 fully saturated rings. The van der Waals surface area contributed by atoms with Gasteiger partial charge in [-0.05, 0) is 13.8 Å². The molecule has 1 aliphatic rings. The van der Waals surface area contributed by atoms with E-state index in [2.05, 4.69) is 38.5 Å². The maximum absolute atomic E-state index is 12.6. The number of ether oxygens (including phenoxy) is 4. The molecule has 19 nitrogen and oxygen atoms in total. The van der Waals surface area contributed by atoms with E-state index in [9.17, 15) is 53.4 Å². The van der Waals surface area contributed by atoms with Crippen LogP contribution >= 0.6 is 0 Å². The van der Waals surface area contributed by atoms with Crippen LogP contribution in [-0.2, 0) is 81.6 Å². The average Bonchev–Trinajstić information content (AvgIpc) is 2.85. The summed E-state index contributed by atoms with van der Waals surface area (Å²) in [5.41, 5.74) is 0. The number of ketones is 1. The van der Waals surface area contributed by atoms with Gasteiger partial charge in [0.15, 0.2) is 0 Å². The Labute approximate surface area is 209 Å². The fourth-order valence-corrected chi connectivity index (χ4v) is 2.06. The molecule has 0 saturated carbocycles. The summed E-state index contributed by atoms with van der Waals surface area (Å²) >= 11 is 0. The molecule has 0 amide bonds. The Morgan fingerprint density at radius 3 is 2.13 bits per heavy atom. The highest BCUT2D eigenvalue weighted by Gasteiger charge is 2.55. The molecule has 19 heteroatoms. The van der Waals surface area contributed by atoms with Gasteiger partial charge >= 0.3 is 54.0 Å². The van der Waals surface area contributed by atoms with E-state index >= 15 is 0 Å². The Bertz CT molecular complexity index is 1070. The number of esters is 4. The summed E-state index contributed by atoms with van der Waals surface area (Å²) in [7, 11) is 0. The highest BCUT2D eigenvalue weighted by molar-refractivity contribution is 6.32. The molecule has 0 aromatic heterocycles. The normalized spacial score (nSPS) is 22.2. The number of carbonyl (C=O) groups is 9.